The molecule has 0 bridgehead atoms. The first-order chi connectivity index (χ1) is 5.13. The molecule has 0 saturated carbocycles. The number of Topliss-reactive ketones (excluding diaryl/α,β-unsaturated/α-hetero) is 1. The number of ketones is 2. The van der Waals surface area contributed by atoms with Crippen molar-refractivity contribution in [3.63, 3.8) is 0 Å². The van der Waals surface area contributed by atoms with Crippen LogP contribution in [0.3, 0.4) is 0 Å². The Hall–Kier alpha value is -1.18. The summed E-state index contributed by atoms with van der Waals surface area (Å²) in [5.74, 6) is -0.209. The lowest BCUT2D eigenvalue weighted by molar-refractivity contribution is -0.119. The lowest BCUT2D eigenvalue weighted by Gasteiger charge is -2.07. The summed E-state index contributed by atoms with van der Waals surface area (Å²) in [4.78, 5) is 22.2. The Kier molecular flexibility index (Phi) is 2.03. The molecule has 0 saturated heterocycles. The van der Waals surface area contributed by atoms with Gasteiger partial charge in [-0.25, -0.2) is 0 Å². The highest BCUT2D eigenvalue weighted by Gasteiger charge is 2.19. The summed E-state index contributed by atoms with van der Waals surface area (Å²) in [6.45, 7) is 3.56. The summed E-state index contributed by atoms with van der Waals surface area (Å²) >= 11 is 0. The molecule has 0 aliphatic heterocycles. The maximum Gasteiger partial charge on any atom is 0.189 e. The largest absolute Gasteiger partial charge is 0.294 e. The van der Waals surface area contributed by atoms with E-state index in [9.17, 15) is 9.59 Å². The molecule has 0 aromatic carbocycles. The second kappa shape index (κ2) is 2.82. The summed E-state index contributed by atoms with van der Waals surface area (Å²) in [6.07, 6.45) is 3.44. The van der Waals surface area contributed by atoms with Crippen molar-refractivity contribution in [2.45, 2.75) is 20.3 Å². The second-order valence-electron chi connectivity index (χ2n) is 2.77. The molecule has 0 aromatic heterocycles. The molecule has 0 unspecified atom stereocenters. The average molecular weight is 150 g/mol. The normalized spacial score (nSPS) is 17.5. The van der Waals surface area contributed by atoms with Gasteiger partial charge in [0.2, 0.25) is 0 Å². The van der Waals surface area contributed by atoms with E-state index in [1.54, 1.807) is 19.9 Å². The molecule has 0 heterocycles. The van der Waals surface area contributed by atoms with E-state index in [1.807, 2.05) is 0 Å². The minimum Gasteiger partial charge on any atom is -0.294 e. The number of allylic oxidation sites excluding steroid dienone is 4. The van der Waals surface area contributed by atoms with E-state index in [0.717, 1.165) is 5.57 Å². The fourth-order valence-electron chi connectivity index (χ4n) is 1.12. The van der Waals surface area contributed by atoms with Crippen molar-refractivity contribution in [1.29, 1.82) is 0 Å². The van der Waals surface area contributed by atoms with Gasteiger partial charge >= 0.3 is 0 Å². The van der Waals surface area contributed by atoms with Crippen LogP contribution in [0.5, 0.6) is 0 Å². The van der Waals surface area contributed by atoms with Gasteiger partial charge in [0, 0.05) is 6.42 Å². The summed E-state index contributed by atoms with van der Waals surface area (Å²) in [7, 11) is 0. The fraction of sp³-hybridized carbons (Fsp3) is 0.333. The van der Waals surface area contributed by atoms with Crippen molar-refractivity contribution in [2.24, 2.45) is 0 Å². The highest BCUT2D eigenvalue weighted by molar-refractivity contribution is 6.26. The first-order valence-corrected chi connectivity index (χ1v) is 3.54. The molecule has 0 N–H and O–H groups in total. The van der Waals surface area contributed by atoms with Crippen LogP contribution in [0.2, 0.25) is 0 Å². The summed E-state index contributed by atoms with van der Waals surface area (Å²) in [5.41, 5.74) is 1.18. The highest BCUT2D eigenvalue weighted by Crippen LogP contribution is 2.13. The standard InChI is InChI=1S/C9H10O2/c1-6(2)9-7(10)4-3-5-8(9)11/h3-4H,5H2,1-2H3. The molecular formula is C9H10O2. The Balaban J connectivity index is 3.13. The number of carbonyl (C=O) groups is 2. The van der Waals surface area contributed by atoms with Gasteiger partial charge in [-0.15, -0.1) is 0 Å². The van der Waals surface area contributed by atoms with E-state index in [0.29, 0.717) is 12.0 Å². The fourth-order valence-corrected chi connectivity index (χ4v) is 1.12. The molecule has 1 rings (SSSR count). The lowest BCUT2D eigenvalue weighted by Crippen LogP contribution is -2.15. The average Bonchev–Trinajstić information content (AvgIpc) is 1.85. The number of hydrogen-bond acceptors (Lipinski definition) is 2. The monoisotopic (exact) mass is 150 g/mol. The smallest absolute Gasteiger partial charge is 0.189 e. The first-order valence-electron chi connectivity index (χ1n) is 3.54. The summed E-state index contributed by atoms with van der Waals surface area (Å²) in [5, 5.41) is 0. The van der Waals surface area contributed by atoms with Crippen molar-refractivity contribution in [3.05, 3.63) is 23.3 Å². The Labute approximate surface area is 65.6 Å². The molecule has 2 heteroatoms. The molecule has 2 nitrogen and oxygen atoms in total. The third-order valence-electron chi connectivity index (χ3n) is 1.60. The Morgan fingerprint density at radius 1 is 1.36 bits per heavy atom. The molecule has 1 aliphatic rings. The number of hydrogen-bond donors (Lipinski definition) is 0. The van der Waals surface area contributed by atoms with E-state index in [2.05, 4.69) is 0 Å². The van der Waals surface area contributed by atoms with Crippen molar-refractivity contribution >= 4 is 11.6 Å². The Bertz CT molecular complexity index is 265. The van der Waals surface area contributed by atoms with Crippen LogP contribution in [-0.4, -0.2) is 11.6 Å². The third-order valence-corrected chi connectivity index (χ3v) is 1.60. The summed E-state index contributed by atoms with van der Waals surface area (Å²) in [6, 6.07) is 0. The van der Waals surface area contributed by atoms with E-state index in [4.69, 9.17) is 0 Å². The molecule has 0 aromatic rings. The minimum atomic E-state index is -0.152. The molecule has 11 heavy (non-hydrogen) atoms. The predicted molar refractivity (Wildman–Crippen MR) is 42.1 cm³/mol. The summed E-state index contributed by atoms with van der Waals surface area (Å²) < 4.78 is 0. The van der Waals surface area contributed by atoms with Crippen molar-refractivity contribution < 1.29 is 9.59 Å². The van der Waals surface area contributed by atoms with E-state index >= 15 is 0 Å². The highest BCUT2D eigenvalue weighted by atomic mass is 16.1. The number of rotatable bonds is 0. The van der Waals surface area contributed by atoms with Gasteiger partial charge in [-0.2, -0.15) is 0 Å². The quantitative estimate of drug-likeness (QED) is 0.386. The van der Waals surface area contributed by atoms with Gasteiger partial charge in [-0.1, -0.05) is 11.6 Å². The minimum absolute atomic E-state index is 0.0579. The third kappa shape index (κ3) is 1.45. The van der Waals surface area contributed by atoms with Crippen LogP contribution in [-0.2, 0) is 9.59 Å². The van der Waals surface area contributed by atoms with E-state index in [1.165, 1.54) is 6.08 Å². The maximum absolute atomic E-state index is 11.1. The number of carbonyl (C=O) groups excluding carboxylic acids is 2. The van der Waals surface area contributed by atoms with Crippen LogP contribution in [0.15, 0.2) is 23.3 Å². The van der Waals surface area contributed by atoms with Gasteiger partial charge in [0.15, 0.2) is 11.6 Å². The van der Waals surface area contributed by atoms with Crippen molar-refractivity contribution in [3.8, 4) is 0 Å². The van der Waals surface area contributed by atoms with Gasteiger partial charge in [-0.3, -0.25) is 9.59 Å². The maximum atomic E-state index is 11.1. The zero-order chi connectivity index (χ0) is 8.43. The van der Waals surface area contributed by atoms with Gasteiger partial charge in [0.1, 0.15) is 0 Å². The van der Waals surface area contributed by atoms with Crippen LogP contribution < -0.4 is 0 Å². The Morgan fingerprint density at radius 2 is 2.00 bits per heavy atom. The SMILES string of the molecule is CC(C)=C1C(=O)C=CCC1=O. The van der Waals surface area contributed by atoms with E-state index in [-0.39, 0.29) is 11.6 Å². The van der Waals surface area contributed by atoms with Crippen LogP contribution >= 0.6 is 0 Å². The van der Waals surface area contributed by atoms with Crippen molar-refractivity contribution in [1.82, 2.24) is 0 Å². The second-order valence-corrected chi connectivity index (χ2v) is 2.77. The first kappa shape index (κ1) is 7.92. The van der Waals surface area contributed by atoms with Crippen LogP contribution in [0.25, 0.3) is 0 Å². The van der Waals surface area contributed by atoms with Gasteiger partial charge < -0.3 is 0 Å². The molecule has 1 aliphatic carbocycles. The predicted octanol–water partition coefficient (Wildman–Crippen LogP) is 1.42. The molecule has 0 radical (unpaired) electrons. The topological polar surface area (TPSA) is 34.1 Å². The van der Waals surface area contributed by atoms with E-state index < -0.39 is 0 Å². The van der Waals surface area contributed by atoms with Crippen LogP contribution in [0.1, 0.15) is 20.3 Å². The molecule has 0 spiro atoms. The van der Waals surface area contributed by atoms with Gasteiger partial charge in [0.25, 0.3) is 0 Å². The van der Waals surface area contributed by atoms with Gasteiger partial charge in [0.05, 0.1) is 5.57 Å². The molecule has 58 valence electrons. The van der Waals surface area contributed by atoms with Crippen LogP contribution in [0, 0.1) is 0 Å². The molecule has 0 fully saturated rings. The van der Waals surface area contributed by atoms with Crippen LogP contribution in [0.4, 0.5) is 0 Å². The molecular weight excluding hydrogens is 140 g/mol. The zero-order valence-corrected chi connectivity index (χ0v) is 6.68. The lowest BCUT2D eigenvalue weighted by atomic mass is 9.95. The molecule has 0 amide bonds. The van der Waals surface area contributed by atoms with Gasteiger partial charge in [-0.05, 0) is 19.9 Å². The zero-order valence-electron chi connectivity index (χ0n) is 6.68. The Morgan fingerprint density at radius 3 is 2.36 bits per heavy atom. The van der Waals surface area contributed by atoms with Crippen molar-refractivity contribution in [2.75, 3.05) is 0 Å². The molecule has 0 atom stereocenters.